The van der Waals surface area contributed by atoms with E-state index in [1.807, 2.05) is 0 Å². The molecule has 0 N–H and O–H groups in total. The van der Waals surface area contributed by atoms with Gasteiger partial charge in [-0.2, -0.15) is 0 Å². The van der Waals surface area contributed by atoms with Gasteiger partial charge in [0.2, 0.25) is 0 Å². The van der Waals surface area contributed by atoms with Crippen molar-refractivity contribution in [3.63, 3.8) is 0 Å². The number of likely N-dealkylation sites (tertiary alicyclic amines) is 1. The molecule has 0 bridgehead atoms. The first-order valence-corrected chi connectivity index (χ1v) is 5.64. The van der Waals surface area contributed by atoms with Gasteiger partial charge in [-0.05, 0) is 40.2 Å². The molecule has 1 heterocycles. The lowest BCUT2D eigenvalue weighted by molar-refractivity contribution is 0.207. The molecule has 2 heteroatoms. The van der Waals surface area contributed by atoms with Crippen molar-refractivity contribution in [3.8, 4) is 0 Å². The van der Waals surface area contributed by atoms with Crippen LogP contribution in [0.15, 0.2) is 0 Å². The van der Waals surface area contributed by atoms with Crippen LogP contribution < -0.4 is 0 Å². The third kappa shape index (κ3) is 2.05. The predicted octanol–water partition coefficient (Wildman–Crippen LogP) is 1.56. The Morgan fingerprint density at radius 1 is 1.15 bits per heavy atom. The number of likely N-dealkylation sites (N-methyl/N-ethyl adjacent to an activating group) is 1. The standard InChI is InChI=1S/C11H22N2/c1-9(2)13-7-6-11(8-13)12(3)10-4-5-10/h9-11H,4-8H2,1-3H3. The molecule has 0 spiro atoms. The first-order chi connectivity index (χ1) is 6.18. The summed E-state index contributed by atoms with van der Waals surface area (Å²) in [4.78, 5) is 5.21. The van der Waals surface area contributed by atoms with Crippen molar-refractivity contribution < 1.29 is 0 Å². The summed E-state index contributed by atoms with van der Waals surface area (Å²) in [5.74, 6) is 0. The van der Waals surface area contributed by atoms with E-state index in [0.29, 0.717) is 0 Å². The smallest absolute Gasteiger partial charge is 0.0235 e. The van der Waals surface area contributed by atoms with E-state index < -0.39 is 0 Å². The van der Waals surface area contributed by atoms with Crippen LogP contribution in [0.4, 0.5) is 0 Å². The van der Waals surface area contributed by atoms with Crippen LogP contribution in [0.1, 0.15) is 33.1 Å². The van der Waals surface area contributed by atoms with Crippen molar-refractivity contribution in [2.45, 2.75) is 51.2 Å². The monoisotopic (exact) mass is 182 g/mol. The van der Waals surface area contributed by atoms with E-state index in [1.165, 1.54) is 32.4 Å². The highest BCUT2D eigenvalue weighted by molar-refractivity contribution is 4.91. The Labute approximate surface area is 81.9 Å². The van der Waals surface area contributed by atoms with Crippen LogP contribution in [0.25, 0.3) is 0 Å². The highest BCUT2D eigenvalue weighted by Crippen LogP contribution is 2.30. The molecule has 2 fully saturated rings. The van der Waals surface area contributed by atoms with Crippen LogP contribution in [0.3, 0.4) is 0 Å². The molecule has 0 amide bonds. The molecule has 0 aromatic rings. The Balaban J connectivity index is 1.82. The highest BCUT2D eigenvalue weighted by Gasteiger charge is 2.34. The van der Waals surface area contributed by atoms with Gasteiger partial charge >= 0.3 is 0 Å². The molecule has 13 heavy (non-hydrogen) atoms. The molecule has 2 aliphatic rings. The SMILES string of the molecule is CC(C)N1CCC(N(C)C2CC2)C1. The fourth-order valence-electron chi connectivity index (χ4n) is 2.35. The number of hydrogen-bond donors (Lipinski definition) is 0. The van der Waals surface area contributed by atoms with Crippen LogP contribution in [-0.2, 0) is 0 Å². The quantitative estimate of drug-likeness (QED) is 0.653. The van der Waals surface area contributed by atoms with Gasteiger partial charge < -0.3 is 0 Å². The van der Waals surface area contributed by atoms with Crippen molar-refractivity contribution in [2.24, 2.45) is 0 Å². The number of rotatable bonds is 3. The molecule has 1 aliphatic heterocycles. The normalized spacial score (nSPS) is 30.7. The minimum Gasteiger partial charge on any atom is -0.299 e. The molecule has 0 radical (unpaired) electrons. The average Bonchev–Trinajstić information content (AvgIpc) is 2.81. The van der Waals surface area contributed by atoms with Gasteiger partial charge in [0.1, 0.15) is 0 Å². The van der Waals surface area contributed by atoms with Crippen molar-refractivity contribution in [2.75, 3.05) is 20.1 Å². The zero-order valence-corrected chi connectivity index (χ0v) is 9.16. The van der Waals surface area contributed by atoms with Crippen LogP contribution >= 0.6 is 0 Å². The maximum Gasteiger partial charge on any atom is 0.0235 e. The zero-order chi connectivity index (χ0) is 9.42. The van der Waals surface area contributed by atoms with Gasteiger partial charge in [-0.1, -0.05) is 0 Å². The fourth-order valence-corrected chi connectivity index (χ4v) is 2.35. The average molecular weight is 182 g/mol. The van der Waals surface area contributed by atoms with Gasteiger partial charge in [-0.25, -0.2) is 0 Å². The van der Waals surface area contributed by atoms with Crippen LogP contribution in [0.5, 0.6) is 0 Å². The van der Waals surface area contributed by atoms with Crippen molar-refractivity contribution in [1.29, 1.82) is 0 Å². The van der Waals surface area contributed by atoms with Crippen molar-refractivity contribution in [3.05, 3.63) is 0 Å². The Morgan fingerprint density at radius 2 is 1.85 bits per heavy atom. The summed E-state index contributed by atoms with van der Waals surface area (Å²) >= 11 is 0. The van der Waals surface area contributed by atoms with Crippen LogP contribution in [0, 0.1) is 0 Å². The number of hydrogen-bond acceptors (Lipinski definition) is 2. The third-order valence-electron chi connectivity index (χ3n) is 3.62. The second-order valence-electron chi connectivity index (χ2n) is 4.93. The minimum atomic E-state index is 0.734. The van der Waals surface area contributed by atoms with Gasteiger partial charge in [0.05, 0.1) is 0 Å². The molecule has 0 aromatic heterocycles. The summed E-state index contributed by atoms with van der Waals surface area (Å²) in [6, 6.07) is 2.50. The lowest BCUT2D eigenvalue weighted by Crippen LogP contribution is -2.37. The maximum absolute atomic E-state index is 2.61. The molecule has 76 valence electrons. The molecule has 1 atom stereocenters. The van der Waals surface area contributed by atoms with Crippen molar-refractivity contribution in [1.82, 2.24) is 9.80 Å². The topological polar surface area (TPSA) is 6.48 Å². The minimum absolute atomic E-state index is 0.734. The fraction of sp³-hybridized carbons (Fsp3) is 1.00. The second-order valence-corrected chi connectivity index (χ2v) is 4.93. The zero-order valence-electron chi connectivity index (χ0n) is 9.16. The lowest BCUT2D eigenvalue weighted by atomic mass is 10.2. The lowest BCUT2D eigenvalue weighted by Gasteiger charge is -2.25. The first kappa shape index (κ1) is 9.47. The largest absolute Gasteiger partial charge is 0.299 e. The summed E-state index contributed by atoms with van der Waals surface area (Å²) in [6.45, 7) is 7.21. The third-order valence-corrected chi connectivity index (χ3v) is 3.62. The summed E-state index contributed by atoms with van der Waals surface area (Å²) in [7, 11) is 2.31. The Hall–Kier alpha value is -0.0800. The van der Waals surface area contributed by atoms with Crippen LogP contribution in [-0.4, -0.2) is 48.1 Å². The Bertz CT molecular complexity index is 175. The summed E-state index contributed by atoms with van der Waals surface area (Å²) in [5, 5.41) is 0. The predicted molar refractivity (Wildman–Crippen MR) is 55.9 cm³/mol. The summed E-state index contributed by atoms with van der Waals surface area (Å²) in [6.07, 6.45) is 4.26. The number of nitrogens with zero attached hydrogens (tertiary/aromatic N) is 2. The van der Waals surface area contributed by atoms with Crippen molar-refractivity contribution >= 4 is 0 Å². The maximum atomic E-state index is 2.61. The van der Waals surface area contributed by atoms with Gasteiger partial charge in [0.15, 0.2) is 0 Å². The first-order valence-electron chi connectivity index (χ1n) is 5.64. The summed E-state index contributed by atoms with van der Waals surface area (Å²) < 4.78 is 0. The Kier molecular flexibility index (Phi) is 2.61. The summed E-state index contributed by atoms with van der Waals surface area (Å²) in [5.41, 5.74) is 0. The van der Waals surface area contributed by atoms with E-state index in [4.69, 9.17) is 0 Å². The van der Waals surface area contributed by atoms with E-state index in [-0.39, 0.29) is 0 Å². The molecule has 2 nitrogen and oxygen atoms in total. The van der Waals surface area contributed by atoms with Gasteiger partial charge in [-0.15, -0.1) is 0 Å². The van der Waals surface area contributed by atoms with Gasteiger partial charge in [-0.3, -0.25) is 9.80 Å². The molecule has 0 aromatic carbocycles. The Morgan fingerprint density at radius 3 is 2.31 bits per heavy atom. The van der Waals surface area contributed by atoms with E-state index in [9.17, 15) is 0 Å². The molecule has 2 rings (SSSR count). The van der Waals surface area contributed by atoms with E-state index in [2.05, 4.69) is 30.7 Å². The van der Waals surface area contributed by atoms with E-state index in [0.717, 1.165) is 18.1 Å². The molecule has 1 unspecified atom stereocenters. The molecule has 1 saturated carbocycles. The molecule has 1 aliphatic carbocycles. The molecular formula is C11H22N2. The molecular weight excluding hydrogens is 160 g/mol. The van der Waals surface area contributed by atoms with Crippen LogP contribution in [0.2, 0.25) is 0 Å². The van der Waals surface area contributed by atoms with Gasteiger partial charge in [0.25, 0.3) is 0 Å². The van der Waals surface area contributed by atoms with E-state index >= 15 is 0 Å². The highest BCUT2D eigenvalue weighted by atomic mass is 15.3. The van der Waals surface area contributed by atoms with Gasteiger partial charge in [0, 0.05) is 31.2 Å². The van der Waals surface area contributed by atoms with E-state index in [1.54, 1.807) is 0 Å². The molecule has 1 saturated heterocycles. The second kappa shape index (κ2) is 3.58.